The number of rotatable bonds is 6. The van der Waals surface area contributed by atoms with Gasteiger partial charge in [-0.05, 0) is 50.1 Å². The summed E-state index contributed by atoms with van der Waals surface area (Å²) < 4.78 is 28.1. The van der Waals surface area contributed by atoms with E-state index in [0.29, 0.717) is 12.2 Å². The molecule has 2 aromatic carbocycles. The number of hydrogen-bond donors (Lipinski definition) is 2. The van der Waals surface area contributed by atoms with Crippen LogP contribution in [-0.2, 0) is 10.0 Å². The van der Waals surface area contributed by atoms with Crippen molar-refractivity contribution in [1.82, 2.24) is 5.32 Å². The maximum Gasteiger partial charge on any atom is 0.261 e. The zero-order valence-electron chi connectivity index (χ0n) is 14.6. The molecule has 0 atom stereocenters. The summed E-state index contributed by atoms with van der Waals surface area (Å²) in [6.07, 6.45) is 1.56. The number of aryl methyl sites for hydroxylation is 3. The quantitative estimate of drug-likeness (QED) is 0.778. The topological polar surface area (TPSA) is 75.3 Å². The second-order valence-electron chi connectivity index (χ2n) is 5.91. The van der Waals surface area contributed by atoms with Crippen molar-refractivity contribution in [2.45, 2.75) is 25.7 Å². The lowest BCUT2D eigenvalue weighted by atomic mass is 10.1. The average Bonchev–Trinajstić information content (AvgIpc) is 2.56. The van der Waals surface area contributed by atoms with Crippen molar-refractivity contribution in [2.24, 2.45) is 0 Å². The first-order chi connectivity index (χ1) is 11.7. The first-order valence-corrected chi connectivity index (χ1v) is 9.32. The number of carbonyl (C=O) groups is 1. The van der Waals surface area contributed by atoms with Crippen molar-refractivity contribution < 1.29 is 13.2 Å². The van der Waals surface area contributed by atoms with Crippen LogP contribution < -0.4 is 10.0 Å². The highest BCUT2D eigenvalue weighted by atomic mass is 32.2. The van der Waals surface area contributed by atoms with Crippen LogP contribution in [0.2, 0.25) is 0 Å². The molecule has 0 spiro atoms. The van der Waals surface area contributed by atoms with E-state index in [1.165, 1.54) is 12.1 Å². The van der Waals surface area contributed by atoms with Crippen molar-refractivity contribution in [1.29, 1.82) is 0 Å². The van der Waals surface area contributed by atoms with Crippen LogP contribution >= 0.6 is 0 Å². The number of sulfonamides is 1. The molecule has 0 aliphatic heterocycles. The van der Waals surface area contributed by atoms with Crippen LogP contribution in [0.25, 0.3) is 0 Å². The second-order valence-corrected chi connectivity index (χ2v) is 7.59. The summed E-state index contributed by atoms with van der Waals surface area (Å²) in [5, 5.41) is 2.63. The molecule has 0 aromatic heterocycles. The third-order valence-electron chi connectivity index (χ3n) is 3.73. The molecule has 25 heavy (non-hydrogen) atoms. The number of anilines is 1. The van der Waals surface area contributed by atoms with Gasteiger partial charge in [0.1, 0.15) is 0 Å². The van der Waals surface area contributed by atoms with E-state index in [-0.39, 0.29) is 16.4 Å². The normalized spacial score (nSPS) is 11.0. The van der Waals surface area contributed by atoms with Gasteiger partial charge in [-0.3, -0.25) is 9.52 Å². The fourth-order valence-electron chi connectivity index (χ4n) is 2.61. The van der Waals surface area contributed by atoms with Gasteiger partial charge in [-0.15, -0.1) is 6.58 Å². The highest BCUT2D eigenvalue weighted by Crippen LogP contribution is 2.25. The van der Waals surface area contributed by atoms with Gasteiger partial charge >= 0.3 is 0 Å². The molecule has 2 N–H and O–H groups in total. The van der Waals surface area contributed by atoms with E-state index in [4.69, 9.17) is 0 Å². The molecular formula is C19H22N2O3S. The highest BCUT2D eigenvalue weighted by Gasteiger charge is 2.18. The van der Waals surface area contributed by atoms with Crippen molar-refractivity contribution in [2.75, 3.05) is 11.3 Å². The Balaban J connectivity index is 2.35. The van der Waals surface area contributed by atoms with Crippen LogP contribution in [0.1, 0.15) is 27.0 Å². The van der Waals surface area contributed by atoms with Crippen LogP contribution in [0.5, 0.6) is 0 Å². The smallest absolute Gasteiger partial charge is 0.261 e. The van der Waals surface area contributed by atoms with Crippen LogP contribution in [0, 0.1) is 20.8 Å². The first-order valence-electron chi connectivity index (χ1n) is 7.84. The molecule has 5 nitrogen and oxygen atoms in total. The monoisotopic (exact) mass is 358 g/mol. The minimum Gasteiger partial charge on any atom is -0.349 e. The molecule has 0 saturated carbocycles. The van der Waals surface area contributed by atoms with Crippen LogP contribution in [0.15, 0.2) is 53.9 Å². The Hall–Kier alpha value is -2.60. The number of carbonyl (C=O) groups excluding carboxylic acids is 1. The molecule has 2 aromatic rings. The lowest BCUT2D eigenvalue weighted by Gasteiger charge is -2.14. The predicted octanol–water partition coefficient (Wildman–Crippen LogP) is 3.33. The Morgan fingerprint density at radius 3 is 2.36 bits per heavy atom. The Bertz CT molecular complexity index is 895. The van der Waals surface area contributed by atoms with Crippen LogP contribution in [-0.4, -0.2) is 20.9 Å². The zero-order chi connectivity index (χ0) is 18.6. The van der Waals surface area contributed by atoms with Gasteiger partial charge in [-0.25, -0.2) is 8.42 Å². The molecule has 0 bridgehead atoms. The summed E-state index contributed by atoms with van der Waals surface area (Å²) in [5.41, 5.74) is 3.61. The molecule has 6 heteroatoms. The standard InChI is InChI=1S/C19H22N2O3S/c1-5-9-20-19(22)16-7-6-8-17(12-16)25(23,24)21-18-14(3)10-13(2)11-15(18)4/h5-8,10-12,21H,1,9H2,2-4H3,(H,20,22). The SMILES string of the molecule is C=CCNC(=O)c1cccc(S(=O)(=O)Nc2c(C)cc(C)cc2C)c1. The Morgan fingerprint density at radius 1 is 1.12 bits per heavy atom. The molecule has 2 rings (SSSR count). The summed E-state index contributed by atoms with van der Waals surface area (Å²) in [4.78, 5) is 12.1. The van der Waals surface area contributed by atoms with Gasteiger partial charge in [0.15, 0.2) is 0 Å². The largest absolute Gasteiger partial charge is 0.349 e. The first kappa shape index (κ1) is 18.7. The van der Waals surface area contributed by atoms with Crippen molar-refractivity contribution in [3.63, 3.8) is 0 Å². The lowest BCUT2D eigenvalue weighted by Crippen LogP contribution is -2.23. The molecule has 132 valence electrons. The van der Waals surface area contributed by atoms with Crippen molar-refractivity contribution >= 4 is 21.6 Å². The van der Waals surface area contributed by atoms with E-state index in [1.54, 1.807) is 18.2 Å². The molecule has 0 heterocycles. The van der Waals surface area contributed by atoms with Gasteiger partial charge in [-0.1, -0.05) is 29.8 Å². The zero-order valence-corrected chi connectivity index (χ0v) is 15.4. The maximum absolute atomic E-state index is 12.7. The van der Waals surface area contributed by atoms with Gasteiger partial charge < -0.3 is 5.32 Å². The lowest BCUT2D eigenvalue weighted by molar-refractivity contribution is 0.0958. The number of amides is 1. The second kappa shape index (κ2) is 7.53. The molecular weight excluding hydrogens is 336 g/mol. The van der Waals surface area contributed by atoms with Crippen molar-refractivity contribution in [3.05, 3.63) is 71.3 Å². The van der Waals surface area contributed by atoms with Crippen LogP contribution in [0.3, 0.4) is 0 Å². The molecule has 0 saturated heterocycles. The van der Waals surface area contributed by atoms with Crippen LogP contribution in [0.4, 0.5) is 5.69 Å². The third-order valence-corrected chi connectivity index (χ3v) is 5.07. The van der Waals surface area contributed by atoms with Gasteiger partial charge in [0, 0.05) is 12.1 Å². The third kappa shape index (κ3) is 4.48. The van der Waals surface area contributed by atoms with Crippen molar-refractivity contribution in [3.8, 4) is 0 Å². The maximum atomic E-state index is 12.7. The molecule has 0 fully saturated rings. The fraction of sp³-hybridized carbons (Fsp3) is 0.211. The summed E-state index contributed by atoms with van der Waals surface area (Å²) in [7, 11) is -3.80. The van der Waals surface area contributed by atoms with Gasteiger partial charge in [0.2, 0.25) is 0 Å². The van der Waals surface area contributed by atoms with E-state index in [9.17, 15) is 13.2 Å². The van der Waals surface area contributed by atoms with Gasteiger partial charge in [-0.2, -0.15) is 0 Å². The number of nitrogens with one attached hydrogen (secondary N) is 2. The van der Waals surface area contributed by atoms with E-state index >= 15 is 0 Å². The Morgan fingerprint density at radius 2 is 1.76 bits per heavy atom. The molecule has 0 aliphatic carbocycles. The molecule has 0 aliphatic rings. The Kier molecular flexibility index (Phi) is 5.64. The molecule has 0 radical (unpaired) electrons. The summed E-state index contributed by atoms with van der Waals surface area (Å²) >= 11 is 0. The highest BCUT2D eigenvalue weighted by molar-refractivity contribution is 7.92. The minimum absolute atomic E-state index is 0.0399. The summed E-state index contributed by atoms with van der Waals surface area (Å²) in [5.74, 6) is -0.348. The van der Waals surface area contributed by atoms with Gasteiger partial charge in [0.25, 0.3) is 15.9 Å². The minimum atomic E-state index is -3.80. The van der Waals surface area contributed by atoms with E-state index in [2.05, 4.69) is 16.6 Å². The molecule has 0 unspecified atom stereocenters. The molecule has 1 amide bonds. The van der Waals surface area contributed by atoms with Gasteiger partial charge in [0.05, 0.1) is 10.6 Å². The summed E-state index contributed by atoms with van der Waals surface area (Å²) in [6.45, 7) is 9.53. The number of benzene rings is 2. The summed E-state index contributed by atoms with van der Waals surface area (Å²) in [6, 6.07) is 9.78. The van der Waals surface area contributed by atoms with E-state index in [1.807, 2.05) is 32.9 Å². The predicted molar refractivity (Wildman–Crippen MR) is 100 cm³/mol. The van der Waals surface area contributed by atoms with E-state index in [0.717, 1.165) is 16.7 Å². The number of hydrogen-bond acceptors (Lipinski definition) is 3. The fourth-order valence-corrected chi connectivity index (χ4v) is 3.85. The average molecular weight is 358 g/mol. The Labute approximate surface area is 148 Å². The van der Waals surface area contributed by atoms with E-state index < -0.39 is 10.0 Å².